The first-order valence-electron chi connectivity index (χ1n) is 6.61. The molecule has 0 aliphatic carbocycles. The van der Waals surface area contributed by atoms with Gasteiger partial charge in [-0.15, -0.1) is 0 Å². The number of aromatic nitrogens is 1. The zero-order chi connectivity index (χ0) is 14.7. The van der Waals surface area contributed by atoms with Gasteiger partial charge in [-0.25, -0.2) is 0 Å². The van der Waals surface area contributed by atoms with Gasteiger partial charge >= 0.3 is 0 Å². The molecule has 0 saturated heterocycles. The maximum atomic E-state index is 12.3. The predicted octanol–water partition coefficient (Wildman–Crippen LogP) is 2.97. The van der Waals surface area contributed by atoms with Gasteiger partial charge < -0.3 is 10.3 Å². The van der Waals surface area contributed by atoms with Crippen molar-refractivity contribution >= 4 is 16.8 Å². The Morgan fingerprint density at radius 1 is 1.19 bits per heavy atom. The number of nitrogens with zero attached hydrogens (tertiary/aromatic N) is 1. The summed E-state index contributed by atoms with van der Waals surface area (Å²) in [5.41, 5.74) is 3.06. The Hall–Kier alpha value is -3.06. The molecule has 1 amide bonds. The number of aromatic amines is 1. The lowest BCUT2D eigenvalue weighted by atomic mass is 10.1. The average molecular weight is 275 g/mol. The van der Waals surface area contributed by atoms with Crippen LogP contribution in [0.25, 0.3) is 10.9 Å². The monoisotopic (exact) mass is 275 g/mol. The highest BCUT2D eigenvalue weighted by atomic mass is 16.1. The van der Waals surface area contributed by atoms with E-state index in [0.717, 1.165) is 16.5 Å². The van der Waals surface area contributed by atoms with Gasteiger partial charge in [-0.2, -0.15) is 5.26 Å². The fraction of sp³-hybridized carbons (Fsp3) is 0.0588. The summed E-state index contributed by atoms with van der Waals surface area (Å²) in [4.78, 5) is 15.3. The molecular formula is C17H13N3O. The highest BCUT2D eigenvalue weighted by molar-refractivity contribution is 6.06. The molecular weight excluding hydrogens is 262 g/mol. The van der Waals surface area contributed by atoms with Crippen LogP contribution < -0.4 is 5.32 Å². The van der Waals surface area contributed by atoms with Crippen molar-refractivity contribution in [3.05, 3.63) is 71.4 Å². The zero-order valence-corrected chi connectivity index (χ0v) is 11.3. The van der Waals surface area contributed by atoms with Gasteiger partial charge in [-0.3, -0.25) is 4.79 Å². The number of fused-ring (bicyclic) bond motifs is 1. The van der Waals surface area contributed by atoms with Crippen LogP contribution in [0.4, 0.5) is 0 Å². The first-order chi connectivity index (χ1) is 10.3. The Balaban J connectivity index is 1.76. The van der Waals surface area contributed by atoms with Crippen molar-refractivity contribution in [2.45, 2.75) is 6.54 Å². The standard InChI is InChI=1S/C17H13N3O/c18-9-12-4-3-5-13(8-12)10-20-17(21)15-11-19-16-7-2-1-6-14(15)16/h1-8,11,19H,10H2,(H,20,21). The molecule has 2 aromatic carbocycles. The zero-order valence-electron chi connectivity index (χ0n) is 11.3. The third kappa shape index (κ3) is 2.63. The largest absolute Gasteiger partial charge is 0.360 e. The van der Waals surface area contributed by atoms with Crippen LogP contribution in [0.15, 0.2) is 54.7 Å². The van der Waals surface area contributed by atoms with Crippen LogP contribution in [-0.2, 0) is 6.54 Å². The lowest BCUT2D eigenvalue weighted by Crippen LogP contribution is -2.22. The molecule has 0 spiro atoms. The van der Waals surface area contributed by atoms with Gasteiger partial charge in [0.1, 0.15) is 0 Å². The Kier molecular flexibility index (Phi) is 3.40. The second kappa shape index (κ2) is 5.51. The topological polar surface area (TPSA) is 68.7 Å². The quantitative estimate of drug-likeness (QED) is 0.771. The highest BCUT2D eigenvalue weighted by Crippen LogP contribution is 2.17. The molecule has 0 radical (unpaired) electrons. The van der Waals surface area contributed by atoms with Crippen molar-refractivity contribution in [2.24, 2.45) is 0 Å². The molecule has 1 aromatic heterocycles. The van der Waals surface area contributed by atoms with E-state index in [-0.39, 0.29) is 5.91 Å². The van der Waals surface area contributed by atoms with Crippen molar-refractivity contribution in [3.8, 4) is 6.07 Å². The van der Waals surface area contributed by atoms with Gasteiger partial charge in [0.2, 0.25) is 0 Å². The average Bonchev–Trinajstić information content (AvgIpc) is 2.97. The van der Waals surface area contributed by atoms with E-state index in [1.807, 2.05) is 36.4 Å². The summed E-state index contributed by atoms with van der Waals surface area (Å²) in [6.07, 6.45) is 1.71. The number of nitrogens with one attached hydrogen (secondary N) is 2. The van der Waals surface area contributed by atoms with Crippen LogP contribution >= 0.6 is 0 Å². The molecule has 0 bridgehead atoms. The van der Waals surface area contributed by atoms with E-state index in [2.05, 4.69) is 16.4 Å². The molecule has 0 atom stereocenters. The predicted molar refractivity (Wildman–Crippen MR) is 80.6 cm³/mol. The number of rotatable bonds is 3. The highest BCUT2D eigenvalue weighted by Gasteiger charge is 2.11. The number of carbonyl (C=O) groups is 1. The number of H-pyrrole nitrogens is 1. The third-order valence-electron chi connectivity index (χ3n) is 3.34. The summed E-state index contributed by atoms with van der Waals surface area (Å²) in [5, 5.41) is 12.6. The molecule has 3 aromatic rings. The van der Waals surface area contributed by atoms with E-state index in [1.165, 1.54) is 0 Å². The minimum atomic E-state index is -0.130. The summed E-state index contributed by atoms with van der Waals surface area (Å²) in [5.74, 6) is -0.130. The molecule has 4 heteroatoms. The Labute approximate surface area is 122 Å². The van der Waals surface area contributed by atoms with Gasteiger partial charge in [0.05, 0.1) is 17.2 Å². The molecule has 0 aliphatic heterocycles. The molecule has 0 fully saturated rings. The third-order valence-corrected chi connectivity index (χ3v) is 3.34. The first-order valence-corrected chi connectivity index (χ1v) is 6.61. The van der Waals surface area contributed by atoms with Crippen molar-refractivity contribution in [2.75, 3.05) is 0 Å². The Morgan fingerprint density at radius 3 is 2.90 bits per heavy atom. The fourth-order valence-electron chi connectivity index (χ4n) is 2.29. The lowest BCUT2D eigenvalue weighted by Gasteiger charge is -2.05. The Bertz CT molecular complexity index is 842. The number of hydrogen-bond donors (Lipinski definition) is 2. The molecule has 3 rings (SSSR count). The number of amides is 1. The molecule has 0 unspecified atom stereocenters. The number of benzene rings is 2. The van der Waals surface area contributed by atoms with Gasteiger partial charge in [0.25, 0.3) is 5.91 Å². The normalized spacial score (nSPS) is 10.2. The summed E-state index contributed by atoms with van der Waals surface area (Å²) in [6, 6.07) is 17.0. The van der Waals surface area contributed by atoms with E-state index in [1.54, 1.807) is 18.3 Å². The maximum absolute atomic E-state index is 12.3. The smallest absolute Gasteiger partial charge is 0.253 e. The van der Waals surface area contributed by atoms with E-state index < -0.39 is 0 Å². The van der Waals surface area contributed by atoms with Crippen molar-refractivity contribution in [1.82, 2.24) is 10.3 Å². The molecule has 21 heavy (non-hydrogen) atoms. The van der Waals surface area contributed by atoms with Gasteiger partial charge in [0, 0.05) is 23.6 Å². The molecule has 2 N–H and O–H groups in total. The maximum Gasteiger partial charge on any atom is 0.253 e. The van der Waals surface area contributed by atoms with Crippen molar-refractivity contribution in [1.29, 1.82) is 5.26 Å². The number of carbonyl (C=O) groups excluding carboxylic acids is 1. The molecule has 0 saturated carbocycles. The second-order valence-corrected chi connectivity index (χ2v) is 4.74. The van der Waals surface area contributed by atoms with Crippen LogP contribution in [0.3, 0.4) is 0 Å². The van der Waals surface area contributed by atoms with Gasteiger partial charge in [-0.1, -0.05) is 30.3 Å². The summed E-state index contributed by atoms with van der Waals surface area (Å²) < 4.78 is 0. The lowest BCUT2D eigenvalue weighted by molar-refractivity contribution is 0.0952. The summed E-state index contributed by atoms with van der Waals surface area (Å²) >= 11 is 0. The van der Waals surface area contributed by atoms with E-state index in [0.29, 0.717) is 17.7 Å². The minimum Gasteiger partial charge on any atom is -0.360 e. The molecule has 4 nitrogen and oxygen atoms in total. The van der Waals surface area contributed by atoms with Crippen molar-refractivity contribution in [3.63, 3.8) is 0 Å². The van der Waals surface area contributed by atoms with Crippen LogP contribution in [0.1, 0.15) is 21.5 Å². The fourth-order valence-corrected chi connectivity index (χ4v) is 2.29. The molecule has 1 heterocycles. The summed E-state index contributed by atoms with van der Waals surface area (Å²) in [6.45, 7) is 0.397. The minimum absolute atomic E-state index is 0.130. The number of nitriles is 1. The number of para-hydroxylation sites is 1. The van der Waals surface area contributed by atoms with Crippen LogP contribution in [-0.4, -0.2) is 10.9 Å². The van der Waals surface area contributed by atoms with Crippen molar-refractivity contribution < 1.29 is 4.79 Å². The van der Waals surface area contributed by atoms with Crippen LogP contribution in [0.5, 0.6) is 0 Å². The first kappa shape index (κ1) is 12.9. The summed E-state index contributed by atoms with van der Waals surface area (Å²) in [7, 11) is 0. The SMILES string of the molecule is N#Cc1cccc(CNC(=O)c2c[nH]c3ccccc23)c1. The van der Waals surface area contributed by atoms with Gasteiger partial charge in [-0.05, 0) is 23.8 Å². The van der Waals surface area contributed by atoms with E-state index >= 15 is 0 Å². The van der Waals surface area contributed by atoms with Gasteiger partial charge in [0.15, 0.2) is 0 Å². The van der Waals surface area contributed by atoms with E-state index in [9.17, 15) is 4.79 Å². The Morgan fingerprint density at radius 2 is 2.05 bits per heavy atom. The van der Waals surface area contributed by atoms with Crippen LogP contribution in [0.2, 0.25) is 0 Å². The number of hydrogen-bond acceptors (Lipinski definition) is 2. The van der Waals surface area contributed by atoms with E-state index in [4.69, 9.17) is 5.26 Å². The second-order valence-electron chi connectivity index (χ2n) is 4.74. The molecule has 0 aliphatic rings. The molecule has 102 valence electrons. The van der Waals surface area contributed by atoms with Crippen LogP contribution in [0, 0.1) is 11.3 Å².